The summed E-state index contributed by atoms with van der Waals surface area (Å²) in [5.41, 5.74) is 2.95. The van der Waals surface area contributed by atoms with Gasteiger partial charge < -0.3 is 15.1 Å². The molecule has 1 N–H and O–H groups in total. The molecule has 0 saturated carbocycles. The molecule has 2 amide bonds. The van der Waals surface area contributed by atoms with Crippen molar-refractivity contribution in [1.82, 2.24) is 10.2 Å². The molecule has 1 saturated heterocycles. The Morgan fingerprint density at radius 1 is 1.02 bits per heavy atom. The van der Waals surface area contributed by atoms with Crippen LogP contribution in [0.4, 0.5) is 10.1 Å². The molecular formula is C33H36FN3O2S. The van der Waals surface area contributed by atoms with Gasteiger partial charge in [-0.1, -0.05) is 68.1 Å². The number of halogens is 1. The third kappa shape index (κ3) is 7.01. The number of fused-ring (bicyclic) bond motifs is 1. The van der Waals surface area contributed by atoms with E-state index in [-0.39, 0.29) is 24.2 Å². The number of rotatable bonds is 8. The maximum absolute atomic E-state index is 13.7. The van der Waals surface area contributed by atoms with Crippen LogP contribution in [0.5, 0.6) is 0 Å². The zero-order valence-electron chi connectivity index (χ0n) is 23.1. The first-order valence-corrected chi connectivity index (χ1v) is 14.8. The summed E-state index contributed by atoms with van der Waals surface area (Å²) in [5, 5.41) is 3.06. The van der Waals surface area contributed by atoms with Crippen LogP contribution >= 0.6 is 11.8 Å². The van der Waals surface area contributed by atoms with Crippen molar-refractivity contribution >= 4 is 35.3 Å². The number of amides is 2. The van der Waals surface area contributed by atoms with E-state index in [0.717, 1.165) is 53.9 Å². The summed E-state index contributed by atoms with van der Waals surface area (Å²) in [7, 11) is 0. The third-order valence-corrected chi connectivity index (χ3v) is 8.50. The topological polar surface area (TPSA) is 52.7 Å². The van der Waals surface area contributed by atoms with Crippen molar-refractivity contribution in [2.24, 2.45) is 11.8 Å². The molecule has 208 valence electrons. The largest absolute Gasteiger partial charge is 0.352 e. The maximum Gasteiger partial charge on any atom is 0.265 e. The summed E-state index contributed by atoms with van der Waals surface area (Å²) >= 11 is 1.41. The summed E-state index contributed by atoms with van der Waals surface area (Å²) in [4.78, 5) is 32.5. The highest BCUT2D eigenvalue weighted by atomic mass is 32.2. The minimum absolute atomic E-state index is 0.145. The zero-order valence-corrected chi connectivity index (χ0v) is 23.9. The summed E-state index contributed by atoms with van der Waals surface area (Å²) in [6, 6.07) is 21.4. The molecule has 40 heavy (non-hydrogen) atoms. The van der Waals surface area contributed by atoms with Gasteiger partial charge in [0.15, 0.2) is 0 Å². The van der Waals surface area contributed by atoms with Gasteiger partial charge in [-0.05, 0) is 78.8 Å². The third-order valence-electron chi connectivity index (χ3n) is 7.42. The number of piperidine rings is 1. The maximum atomic E-state index is 13.7. The minimum Gasteiger partial charge on any atom is -0.352 e. The van der Waals surface area contributed by atoms with Gasteiger partial charge >= 0.3 is 0 Å². The normalized spacial score (nSPS) is 20.4. The summed E-state index contributed by atoms with van der Waals surface area (Å²) < 4.78 is 13.6. The summed E-state index contributed by atoms with van der Waals surface area (Å²) in [6.45, 7) is 8.72. The molecule has 3 aromatic carbocycles. The van der Waals surface area contributed by atoms with Crippen molar-refractivity contribution in [2.75, 3.05) is 31.1 Å². The van der Waals surface area contributed by atoms with Crippen LogP contribution in [0.2, 0.25) is 0 Å². The van der Waals surface area contributed by atoms with E-state index in [0.29, 0.717) is 22.7 Å². The number of hydrogen-bond acceptors (Lipinski definition) is 4. The molecule has 2 atom stereocenters. The van der Waals surface area contributed by atoms with Crippen molar-refractivity contribution in [3.05, 3.63) is 100 Å². The molecule has 2 aliphatic rings. The number of nitrogens with zero attached hydrogens (tertiary/aromatic N) is 2. The first-order valence-electron chi connectivity index (χ1n) is 14.0. The van der Waals surface area contributed by atoms with Crippen LogP contribution < -0.4 is 10.2 Å². The lowest BCUT2D eigenvalue weighted by Crippen LogP contribution is -2.40. The van der Waals surface area contributed by atoms with E-state index in [1.165, 1.54) is 30.3 Å². The van der Waals surface area contributed by atoms with Crippen LogP contribution in [-0.4, -0.2) is 42.9 Å². The molecule has 3 aromatic rings. The standard InChI is InChI=1S/C33H36FN3O2S/c1-23-17-24(2)21-36(20-23)16-6-15-35-32(38)27-11-14-30-29(19-27)37(22-26-9-12-28(34)13-10-26)33(39)31(40-30)18-25-7-4-3-5-8-25/h3-5,7-14,18-19,23-24H,6,15-17,20-22H2,1-2H3,(H,35,38)/b31-18-/t23-,24+. The van der Waals surface area contributed by atoms with Crippen LogP contribution in [0.25, 0.3) is 6.08 Å². The number of likely N-dealkylation sites (tertiary alicyclic amines) is 1. The van der Waals surface area contributed by atoms with Gasteiger partial charge in [-0.25, -0.2) is 4.39 Å². The molecule has 5 rings (SSSR count). The SMILES string of the molecule is C[C@@H]1C[C@H](C)CN(CCCNC(=O)c2ccc3c(c2)N(Cc2ccc(F)cc2)C(=O)/C(=C/c2ccccc2)S3)C1. The van der Waals surface area contributed by atoms with E-state index in [9.17, 15) is 14.0 Å². The number of thioether (sulfide) groups is 1. The lowest BCUT2D eigenvalue weighted by molar-refractivity contribution is -0.114. The highest BCUT2D eigenvalue weighted by Gasteiger charge is 2.30. The van der Waals surface area contributed by atoms with E-state index in [1.807, 2.05) is 48.5 Å². The molecule has 0 spiro atoms. The van der Waals surface area contributed by atoms with Crippen LogP contribution in [0.15, 0.2) is 82.6 Å². The number of carbonyl (C=O) groups excluding carboxylic acids is 2. The van der Waals surface area contributed by atoms with Gasteiger partial charge in [0.05, 0.1) is 17.1 Å². The highest BCUT2D eigenvalue weighted by molar-refractivity contribution is 8.04. The Kier molecular flexibility index (Phi) is 9.02. The van der Waals surface area contributed by atoms with Crippen molar-refractivity contribution < 1.29 is 14.0 Å². The second kappa shape index (κ2) is 12.8. The molecule has 5 nitrogen and oxygen atoms in total. The van der Waals surface area contributed by atoms with Gasteiger partial charge in [0.2, 0.25) is 0 Å². The van der Waals surface area contributed by atoms with Crippen LogP contribution in [0.1, 0.15) is 48.2 Å². The smallest absolute Gasteiger partial charge is 0.265 e. The first kappa shape index (κ1) is 28.1. The lowest BCUT2D eigenvalue weighted by atomic mass is 9.92. The molecule has 0 bridgehead atoms. The average molecular weight is 558 g/mol. The van der Waals surface area contributed by atoms with E-state index in [4.69, 9.17) is 0 Å². The Hall–Kier alpha value is -3.42. The molecule has 2 heterocycles. The molecule has 0 radical (unpaired) electrons. The Morgan fingerprint density at radius 2 is 1.75 bits per heavy atom. The molecule has 0 aliphatic carbocycles. The first-order chi connectivity index (χ1) is 19.4. The van der Waals surface area contributed by atoms with Crippen molar-refractivity contribution in [3.63, 3.8) is 0 Å². The minimum atomic E-state index is -0.322. The molecule has 0 aromatic heterocycles. The van der Waals surface area contributed by atoms with Crippen LogP contribution in [0.3, 0.4) is 0 Å². The quantitative estimate of drug-likeness (QED) is 0.250. The van der Waals surface area contributed by atoms with E-state index < -0.39 is 0 Å². The number of carbonyl (C=O) groups is 2. The van der Waals surface area contributed by atoms with Gasteiger partial charge in [0.1, 0.15) is 5.82 Å². The van der Waals surface area contributed by atoms with Gasteiger partial charge in [-0.15, -0.1) is 0 Å². The molecular weight excluding hydrogens is 521 g/mol. The van der Waals surface area contributed by atoms with Crippen LogP contribution in [0, 0.1) is 17.7 Å². The Bertz CT molecular complexity index is 1370. The van der Waals surface area contributed by atoms with Crippen molar-refractivity contribution in [3.8, 4) is 0 Å². The average Bonchev–Trinajstić information content (AvgIpc) is 2.94. The predicted molar refractivity (Wildman–Crippen MR) is 161 cm³/mol. The fraction of sp³-hybridized carbons (Fsp3) is 0.333. The fourth-order valence-electron chi connectivity index (χ4n) is 5.66. The predicted octanol–water partition coefficient (Wildman–Crippen LogP) is 6.60. The van der Waals surface area contributed by atoms with Crippen molar-refractivity contribution in [1.29, 1.82) is 0 Å². The Labute approximate surface area is 240 Å². The molecule has 1 fully saturated rings. The lowest BCUT2D eigenvalue weighted by Gasteiger charge is -2.34. The summed E-state index contributed by atoms with van der Waals surface area (Å²) in [6.07, 6.45) is 4.07. The Balaban J connectivity index is 1.32. The van der Waals surface area contributed by atoms with E-state index in [1.54, 1.807) is 23.1 Å². The monoisotopic (exact) mass is 557 g/mol. The fourth-order valence-corrected chi connectivity index (χ4v) is 6.70. The molecule has 2 aliphatic heterocycles. The molecule has 7 heteroatoms. The van der Waals surface area contributed by atoms with Crippen LogP contribution in [-0.2, 0) is 11.3 Å². The number of anilines is 1. The van der Waals surface area contributed by atoms with E-state index in [2.05, 4.69) is 24.1 Å². The van der Waals surface area contributed by atoms with Gasteiger partial charge in [0.25, 0.3) is 11.8 Å². The number of benzene rings is 3. The van der Waals surface area contributed by atoms with Gasteiger partial charge in [-0.3, -0.25) is 9.59 Å². The van der Waals surface area contributed by atoms with Crippen molar-refractivity contribution in [2.45, 2.75) is 38.1 Å². The van der Waals surface area contributed by atoms with Gasteiger partial charge in [0, 0.05) is 30.1 Å². The van der Waals surface area contributed by atoms with Gasteiger partial charge in [-0.2, -0.15) is 0 Å². The Morgan fingerprint density at radius 3 is 2.48 bits per heavy atom. The number of hydrogen-bond donors (Lipinski definition) is 1. The zero-order chi connectivity index (χ0) is 28.1. The highest BCUT2D eigenvalue weighted by Crippen LogP contribution is 2.43. The second-order valence-electron chi connectivity index (χ2n) is 11.0. The number of nitrogens with one attached hydrogen (secondary N) is 1. The van der Waals surface area contributed by atoms with E-state index >= 15 is 0 Å². The summed E-state index contributed by atoms with van der Waals surface area (Å²) in [5.74, 6) is 0.824. The molecule has 0 unspecified atom stereocenters. The second-order valence-corrected chi connectivity index (χ2v) is 12.1.